The SMILES string of the molecule is OC[C@@]1(c2ccc(OCc3ccccc3)cc2)COc2cc(O)ccc21. The van der Waals surface area contributed by atoms with Crippen molar-refractivity contribution in [1.82, 2.24) is 0 Å². The lowest BCUT2D eigenvalue weighted by Crippen LogP contribution is -2.33. The Labute approximate surface area is 152 Å². The van der Waals surface area contributed by atoms with Crippen molar-refractivity contribution >= 4 is 0 Å². The summed E-state index contributed by atoms with van der Waals surface area (Å²) in [4.78, 5) is 0. The molecule has 0 spiro atoms. The van der Waals surface area contributed by atoms with E-state index in [2.05, 4.69) is 0 Å². The van der Waals surface area contributed by atoms with Gasteiger partial charge in [-0.05, 0) is 29.3 Å². The molecule has 0 radical (unpaired) electrons. The number of phenols is 1. The van der Waals surface area contributed by atoms with Gasteiger partial charge in [0.15, 0.2) is 0 Å². The van der Waals surface area contributed by atoms with Gasteiger partial charge in [0, 0.05) is 11.6 Å². The zero-order chi connectivity index (χ0) is 18.0. The number of fused-ring (bicyclic) bond motifs is 1. The van der Waals surface area contributed by atoms with Gasteiger partial charge in [0.05, 0.1) is 12.0 Å². The summed E-state index contributed by atoms with van der Waals surface area (Å²) in [5, 5.41) is 19.8. The van der Waals surface area contributed by atoms with E-state index in [-0.39, 0.29) is 12.4 Å². The molecule has 0 saturated heterocycles. The van der Waals surface area contributed by atoms with Crippen molar-refractivity contribution in [2.45, 2.75) is 12.0 Å². The molecule has 0 bridgehead atoms. The molecule has 0 aromatic heterocycles. The summed E-state index contributed by atoms with van der Waals surface area (Å²) < 4.78 is 11.6. The van der Waals surface area contributed by atoms with Gasteiger partial charge in [-0.1, -0.05) is 48.5 Å². The molecule has 0 aliphatic carbocycles. The summed E-state index contributed by atoms with van der Waals surface area (Å²) in [6, 6.07) is 22.8. The minimum Gasteiger partial charge on any atom is -0.508 e. The van der Waals surface area contributed by atoms with Crippen LogP contribution in [0.15, 0.2) is 72.8 Å². The number of aliphatic hydroxyl groups is 1. The molecule has 0 fully saturated rings. The number of aromatic hydroxyl groups is 1. The summed E-state index contributed by atoms with van der Waals surface area (Å²) in [6.07, 6.45) is 0. The van der Waals surface area contributed by atoms with Gasteiger partial charge in [0.2, 0.25) is 0 Å². The first kappa shape index (κ1) is 16.5. The van der Waals surface area contributed by atoms with Crippen LogP contribution in [0.2, 0.25) is 0 Å². The van der Waals surface area contributed by atoms with Crippen LogP contribution in [0.25, 0.3) is 0 Å². The number of hydrogen-bond acceptors (Lipinski definition) is 4. The van der Waals surface area contributed by atoms with Gasteiger partial charge < -0.3 is 19.7 Å². The van der Waals surface area contributed by atoms with E-state index in [1.54, 1.807) is 12.1 Å². The average molecular weight is 348 g/mol. The van der Waals surface area contributed by atoms with Gasteiger partial charge in [-0.2, -0.15) is 0 Å². The summed E-state index contributed by atoms with van der Waals surface area (Å²) in [5.41, 5.74) is 2.33. The minimum absolute atomic E-state index is 0.0744. The second-order valence-electron chi connectivity index (χ2n) is 6.51. The smallest absolute Gasteiger partial charge is 0.127 e. The van der Waals surface area contributed by atoms with E-state index >= 15 is 0 Å². The molecule has 26 heavy (non-hydrogen) atoms. The number of aliphatic hydroxyl groups excluding tert-OH is 1. The van der Waals surface area contributed by atoms with Crippen molar-refractivity contribution < 1.29 is 19.7 Å². The molecule has 0 unspecified atom stereocenters. The number of hydrogen-bond donors (Lipinski definition) is 2. The molecule has 1 atom stereocenters. The van der Waals surface area contributed by atoms with E-state index in [1.807, 2.05) is 60.7 Å². The van der Waals surface area contributed by atoms with E-state index < -0.39 is 5.41 Å². The molecule has 4 rings (SSSR count). The van der Waals surface area contributed by atoms with Crippen LogP contribution in [-0.2, 0) is 12.0 Å². The fourth-order valence-corrected chi connectivity index (χ4v) is 3.38. The number of ether oxygens (including phenoxy) is 2. The number of benzene rings is 3. The van der Waals surface area contributed by atoms with E-state index in [9.17, 15) is 10.2 Å². The lowest BCUT2D eigenvalue weighted by Gasteiger charge is -2.26. The van der Waals surface area contributed by atoms with Crippen LogP contribution in [0.1, 0.15) is 16.7 Å². The van der Waals surface area contributed by atoms with Gasteiger partial charge in [-0.25, -0.2) is 0 Å². The fraction of sp³-hybridized carbons (Fsp3) is 0.182. The lowest BCUT2D eigenvalue weighted by molar-refractivity contribution is 0.185. The molecule has 1 aliphatic heterocycles. The quantitative estimate of drug-likeness (QED) is 0.739. The second-order valence-corrected chi connectivity index (χ2v) is 6.51. The van der Waals surface area contributed by atoms with Gasteiger partial charge in [0.25, 0.3) is 0 Å². The highest BCUT2D eigenvalue weighted by Crippen LogP contribution is 2.44. The van der Waals surface area contributed by atoms with Crippen molar-refractivity contribution in [2.24, 2.45) is 0 Å². The Kier molecular flexibility index (Phi) is 4.27. The molecule has 3 aromatic rings. The highest BCUT2D eigenvalue weighted by molar-refractivity contribution is 5.54. The van der Waals surface area contributed by atoms with Crippen LogP contribution >= 0.6 is 0 Å². The van der Waals surface area contributed by atoms with E-state index in [0.717, 1.165) is 22.4 Å². The van der Waals surface area contributed by atoms with Crippen molar-refractivity contribution in [1.29, 1.82) is 0 Å². The van der Waals surface area contributed by atoms with Gasteiger partial charge in [0.1, 0.15) is 30.5 Å². The predicted octanol–water partition coefficient (Wildman–Crippen LogP) is 3.64. The summed E-state index contributed by atoms with van der Waals surface area (Å²) in [5.74, 6) is 1.54. The highest BCUT2D eigenvalue weighted by Gasteiger charge is 2.42. The Morgan fingerprint density at radius 2 is 1.73 bits per heavy atom. The predicted molar refractivity (Wildman–Crippen MR) is 98.7 cm³/mol. The van der Waals surface area contributed by atoms with Crippen LogP contribution in [0.4, 0.5) is 0 Å². The third kappa shape index (κ3) is 2.89. The molecule has 132 valence electrons. The molecule has 4 heteroatoms. The first-order chi connectivity index (χ1) is 12.7. The largest absolute Gasteiger partial charge is 0.508 e. The monoisotopic (exact) mass is 348 g/mol. The normalized spacial score (nSPS) is 18.2. The van der Waals surface area contributed by atoms with Gasteiger partial charge >= 0.3 is 0 Å². The molecule has 2 N–H and O–H groups in total. The molecule has 3 aromatic carbocycles. The number of phenolic OH excluding ortho intramolecular Hbond substituents is 1. The maximum absolute atomic E-state index is 10.1. The zero-order valence-corrected chi connectivity index (χ0v) is 14.3. The standard InChI is InChI=1S/C22H20O4/c23-14-22(15-26-21-12-18(24)8-11-20(21)22)17-6-9-19(10-7-17)25-13-16-4-2-1-3-5-16/h1-12,23-24H,13-15H2/t22-/m0/s1. The Hall–Kier alpha value is -2.98. The fourth-order valence-electron chi connectivity index (χ4n) is 3.38. The molecule has 0 amide bonds. The van der Waals surface area contributed by atoms with Crippen LogP contribution in [0.3, 0.4) is 0 Å². The summed E-state index contributed by atoms with van der Waals surface area (Å²) >= 11 is 0. The second kappa shape index (κ2) is 6.73. The van der Waals surface area contributed by atoms with Crippen LogP contribution in [-0.4, -0.2) is 23.4 Å². The van der Waals surface area contributed by atoms with Crippen LogP contribution < -0.4 is 9.47 Å². The Morgan fingerprint density at radius 3 is 2.46 bits per heavy atom. The summed E-state index contributed by atoms with van der Waals surface area (Å²) in [7, 11) is 0. The zero-order valence-electron chi connectivity index (χ0n) is 14.3. The van der Waals surface area contributed by atoms with E-state index in [1.165, 1.54) is 0 Å². The first-order valence-corrected chi connectivity index (χ1v) is 8.56. The maximum atomic E-state index is 10.1. The molecular weight excluding hydrogens is 328 g/mol. The number of rotatable bonds is 5. The summed E-state index contributed by atoms with van der Waals surface area (Å²) in [6.45, 7) is 0.776. The third-order valence-electron chi connectivity index (χ3n) is 4.88. The van der Waals surface area contributed by atoms with Crippen molar-refractivity contribution in [3.05, 3.63) is 89.5 Å². The van der Waals surface area contributed by atoms with Crippen LogP contribution in [0, 0.1) is 0 Å². The Morgan fingerprint density at radius 1 is 0.962 bits per heavy atom. The lowest BCUT2D eigenvalue weighted by atomic mass is 9.77. The van der Waals surface area contributed by atoms with Crippen molar-refractivity contribution in [3.8, 4) is 17.2 Å². The molecule has 1 heterocycles. The van der Waals surface area contributed by atoms with Gasteiger partial charge in [-0.15, -0.1) is 0 Å². The van der Waals surface area contributed by atoms with E-state index in [4.69, 9.17) is 9.47 Å². The average Bonchev–Trinajstić information content (AvgIpc) is 3.06. The Balaban J connectivity index is 1.56. The van der Waals surface area contributed by atoms with Crippen molar-refractivity contribution in [3.63, 3.8) is 0 Å². The molecule has 0 saturated carbocycles. The highest BCUT2D eigenvalue weighted by atomic mass is 16.5. The van der Waals surface area contributed by atoms with E-state index in [0.29, 0.717) is 19.0 Å². The van der Waals surface area contributed by atoms with Crippen molar-refractivity contribution in [2.75, 3.05) is 13.2 Å². The molecule has 1 aliphatic rings. The first-order valence-electron chi connectivity index (χ1n) is 8.56. The molecular formula is C22H20O4. The Bertz CT molecular complexity index is 890. The maximum Gasteiger partial charge on any atom is 0.127 e. The topological polar surface area (TPSA) is 58.9 Å². The van der Waals surface area contributed by atoms with Gasteiger partial charge in [-0.3, -0.25) is 0 Å². The molecule has 4 nitrogen and oxygen atoms in total. The third-order valence-corrected chi connectivity index (χ3v) is 4.88. The minimum atomic E-state index is -0.624. The van der Waals surface area contributed by atoms with Crippen LogP contribution in [0.5, 0.6) is 17.2 Å².